The van der Waals surface area contributed by atoms with Gasteiger partial charge in [0.15, 0.2) is 0 Å². The molecule has 1 aliphatic carbocycles. The Kier molecular flexibility index (Phi) is 2.72. The van der Waals surface area contributed by atoms with Crippen molar-refractivity contribution in [2.24, 2.45) is 0 Å². The molecule has 0 saturated carbocycles. The number of aromatic nitrogens is 2. The predicted molar refractivity (Wildman–Crippen MR) is 64.6 cm³/mol. The molecular weight excluding hydrogens is 198 g/mol. The van der Waals surface area contributed by atoms with Gasteiger partial charge in [0, 0.05) is 18.3 Å². The zero-order valence-electron chi connectivity index (χ0n) is 10.1. The van der Waals surface area contributed by atoms with E-state index in [0.717, 1.165) is 6.54 Å². The molecule has 0 spiro atoms. The van der Waals surface area contributed by atoms with Gasteiger partial charge in [0.25, 0.3) is 0 Å². The van der Waals surface area contributed by atoms with Crippen molar-refractivity contribution in [1.29, 1.82) is 0 Å². The normalized spacial score (nSPS) is 24.7. The molecule has 1 N–H and O–H groups in total. The summed E-state index contributed by atoms with van der Waals surface area (Å²) in [6.45, 7) is 4.49. The molecule has 3 heteroatoms. The van der Waals surface area contributed by atoms with Crippen molar-refractivity contribution < 1.29 is 0 Å². The Balaban J connectivity index is 1.84. The summed E-state index contributed by atoms with van der Waals surface area (Å²) in [6, 6.07) is 0.680. The Labute approximate surface area is 97.3 Å². The van der Waals surface area contributed by atoms with Crippen LogP contribution in [0.25, 0.3) is 0 Å². The van der Waals surface area contributed by atoms with Crippen LogP contribution in [0.4, 0.5) is 0 Å². The second-order valence-electron chi connectivity index (χ2n) is 5.16. The third-order valence-electron chi connectivity index (χ3n) is 3.99. The molecule has 2 aliphatic rings. The molecule has 0 aromatic carbocycles. The summed E-state index contributed by atoms with van der Waals surface area (Å²) in [4.78, 5) is 4.73. The highest BCUT2D eigenvalue weighted by molar-refractivity contribution is 5.20. The molecule has 3 rings (SSSR count). The lowest BCUT2D eigenvalue weighted by Gasteiger charge is -2.18. The van der Waals surface area contributed by atoms with Crippen LogP contribution in [0, 0.1) is 6.92 Å². The number of imidazole rings is 1. The van der Waals surface area contributed by atoms with Crippen LogP contribution in [0.3, 0.4) is 0 Å². The van der Waals surface area contributed by atoms with Gasteiger partial charge in [-0.1, -0.05) is 0 Å². The van der Waals surface area contributed by atoms with Crippen LogP contribution in [-0.4, -0.2) is 22.1 Å². The first kappa shape index (κ1) is 10.3. The summed E-state index contributed by atoms with van der Waals surface area (Å²) >= 11 is 0. The lowest BCUT2D eigenvalue weighted by molar-refractivity contribution is 0.484. The van der Waals surface area contributed by atoms with E-state index in [-0.39, 0.29) is 0 Å². The number of hydrogen-bond acceptors (Lipinski definition) is 2. The number of nitrogens with zero attached hydrogens (tertiary/aromatic N) is 2. The van der Waals surface area contributed by atoms with Gasteiger partial charge in [0.1, 0.15) is 5.82 Å². The van der Waals surface area contributed by atoms with E-state index in [1.165, 1.54) is 62.3 Å². The van der Waals surface area contributed by atoms with Gasteiger partial charge in [-0.3, -0.25) is 0 Å². The van der Waals surface area contributed by atoms with Crippen LogP contribution in [0.1, 0.15) is 42.9 Å². The average molecular weight is 219 g/mol. The van der Waals surface area contributed by atoms with Crippen molar-refractivity contribution in [2.45, 2.75) is 58.0 Å². The Bertz CT molecular complexity index is 375. The van der Waals surface area contributed by atoms with Crippen molar-refractivity contribution in [3.63, 3.8) is 0 Å². The molecule has 1 saturated heterocycles. The minimum absolute atomic E-state index is 0.680. The van der Waals surface area contributed by atoms with Crippen LogP contribution in [0.5, 0.6) is 0 Å². The van der Waals surface area contributed by atoms with Gasteiger partial charge in [-0.15, -0.1) is 0 Å². The number of rotatable bonds is 2. The summed E-state index contributed by atoms with van der Waals surface area (Å²) in [6.07, 6.45) is 7.76. The Morgan fingerprint density at radius 3 is 3.00 bits per heavy atom. The molecule has 1 aromatic heterocycles. The number of hydrogen-bond donors (Lipinski definition) is 1. The maximum Gasteiger partial charge on any atom is 0.106 e. The van der Waals surface area contributed by atoms with Gasteiger partial charge in [-0.2, -0.15) is 0 Å². The highest BCUT2D eigenvalue weighted by atomic mass is 15.1. The fraction of sp³-hybridized carbons (Fsp3) is 0.769. The third-order valence-corrected chi connectivity index (χ3v) is 3.99. The lowest BCUT2D eigenvalue weighted by atomic mass is 10.0. The average Bonchev–Trinajstić information content (AvgIpc) is 2.89. The summed E-state index contributed by atoms with van der Waals surface area (Å²) < 4.78 is 2.47. The van der Waals surface area contributed by atoms with E-state index in [1.807, 2.05) is 0 Å². The van der Waals surface area contributed by atoms with Crippen LogP contribution < -0.4 is 5.32 Å². The van der Waals surface area contributed by atoms with E-state index in [0.29, 0.717) is 6.04 Å². The summed E-state index contributed by atoms with van der Waals surface area (Å²) in [5.41, 5.74) is 2.90. The zero-order chi connectivity index (χ0) is 11.0. The van der Waals surface area contributed by atoms with Crippen molar-refractivity contribution in [3.05, 3.63) is 17.2 Å². The highest BCUT2D eigenvalue weighted by Gasteiger charge is 2.21. The Morgan fingerprint density at radius 2 is 2.19 bits per heavy atom. The molecular formula is C13H21N3. The second kappa shape index (κ2) is 4.21. The molecule has 1 fully saturated rings. The Hall–Kier alpha value is -0.830. The quantitative estimate of drug-likeness (QED) is 0.822. The smallest absolute Gasteiger partial charge is 0.106 e. The van der Waals surface area contributed by atoms with Crippen LogP contribution in [0.15, 0.2) is 0 Å². The van der Waals surface area contributed by atoms with E-state index in [4.69, 9.17) is 4.98 Å². The first-order valence-electron chi connectivity index (χ1n) is 6.63. The van der Waals surface area contributed by atoms with Crippen LogP contribution in [-0.2, 0) is 19.4 Å². The molecule has 16 heavy (non-hydrogen) atoms. The molecule has 1 atom stereocenters. The Morgan fingerprint density at radius 1 is 1.31 bits per heavy atom. The van der Waals surface area contributed by atoms with E-state index in [2.05, 4.69) is 16.8 Å². The molecule has 1 aromatic rings. The van der Waals surface area contributed by atoms with Crippen molar-refractivity contribution in [3.8, 4) is 0 Å². The van der Waals surface area contributed by atoms with Crippen LogP contribution >= 0.6 is 0 Å². The molecule has 0 bridgehead atoms. The van der Waals surface area contributed by atoms with Gasteiger partial charge < -0.3 is 9.88 Å². The van der Waals surface area contributed by atoms with Crippen molar-refractivity contribution >= 4 is 0 Å². The maximum atomic E-state index is 4.73. The first-order valence-corrected chi connectivity index (χ1v) is 6.63. The standard InChI is InChI=1S/C13H21N3/c1-10-15-12-6-2-3-7-13(12)16(10)9-11-5-4-8-14-11/h11,14H,2-9H2,1H3/t11-/m0/s1. The van der Waals surface area contributed by atoms with Gasteiger partial charge >= 0.3 is 0 Å². The summed E-state index contributed by atoms with van der Waals surface area (Å²) in [7, 11) is 0. The highest BCUT2D eigenvalue weighted by Crippen LogP contribution is 2.23. The van der Waals surface area contributed by atoms with E-state index >= 15 is 0 Å². The fourth-order valence-corrected chi connectivity index (χ4v) is 3.11. The largest absolute Gasteiger partial charge is 0.330 e. The van der Waals surface area contributed by atoms with Gasteiger partial charge in [0.2, 0.25) is 0 Å². The number of nitrogens with one attached hydrogen (secondary N) is 1. The van der Waals surface area contributed by atoms with E-state index in [9.17, 15) is 0 Å². The number of aryl methyl sites for hydroxylation is 2. The first-order chi connectivity index (χ1) is 7.84. The molecule has 0 unspecified atom stereocenters. The molecule has 0 amide bonds. The van der Waals surface area contributed by atoms with Gasteiger partial charge in [-0.25, -0.2) is 4.98 Å². The predicted octanol–water partition coefficient (Wildman–Crippen LogP) is 1.82. The summed E-state index contributed by atoms with van der Waals surface area (Å²) in [5.74, 6) is 1.22. The molecule has 2 heterocycles. The molecule has 3 nitrogen and oxygen atoms in total. The lowest BCUT2D eigenvalue weighted by Crippen LogP contribution is -2.28. The fourth-order valence-electron chi connectivity index (χ4n) is 3.11. The zero-order valence-corrected chi connectivity index (χ0v) is 10.1. The molecule has 0 radical (unpaired) electrons. The monoisotopic (exact) mass is 219 g/mol. The molecule has 1 aliphatic heterocycles. The topological polar surface area (TPSA) is 29.9 Å². The minimum atomic E-state index is 0.680. The third kappa shape index (κ3) is 1.77. The van der Waals surface area contributed by atoms with Gasteiger partial charge in [0.05, 0.1) is 5.69 Å². The number of fused-ring (bicyclic) bond motifs is 1. The van der Waals surface area contributed by atoms with Crippen molar-refractivity contribution in [1.82, 2.24) is 14.9 Å². The van der Waals surface area contributed by atoms with E-state index in [1.54, 1.807) is 0 Å². The maximum absolute atomic E-state index is 4.73. The van der Waals surface area contributed by atoms with Crippen molar-refractivity contribution in [2.75, 3.05) is 6.54 Å². The summed E-state index contributed by atoms with van der Waals surface area (Å²) in [5, 5.41) is 3.58. The van der Waals surface area contributed by atoms with E-state index < -0.39 is 0 Å². The minimum Gasteiger partial charge on any atom is -0.330 e. The molecule has 88 valence electrons. The SMILES string of the molecule is Cc1nc2c(n1C[C@@H]1CCCN1)CCCC2. The van der Waals surface area contributed by atoms with Crippen LogP contribution in [0.2, 0.25) is 0 Å². The van der Waals surface area contributed by atoms with Gasteiger partial charge in [-0.05, 0) is 52.0 Å². The second-order valence-corrected chi connectivity index (χ2v) is 5.16.